The third-order valence-corrected chi connectivity index (χ3v) is 6.10. The Hall–Kier alpha value is -3.38. The summed E-state index contributed by atoms with van der Waals surface area (Å²) in [5, 5.41) is 7.69. The maximum atomic E-state index is 6.40. The average molecular weight is 451 g/mol. The second kappa shape index (κ2) is 8.28. The molecule has 3 aromatic carbocycles. The predicted molar refractivity (Wildman–Crippen MR) is 123 cm³/mol. The molecule has 7 heteroatoms. The fourth-order valence-corrected chi connectivity index (χ4v) is 4.42. The van der Waals surface area contributed by atoms with Crippen LogP contribution < -0.4 is 18.9 Å². The molecule has 5 rings (SSSR count). The van der Waals surface area contributed by atoms with E-state index in [1.165, 1.54) is 0 Å². The van der Waals surface area contributed by atoms with Crippen LogP contribution in [0.1, 0.15) is 35.4 Å². The van der Waals surface area contributed by atoms with Crippen molar-refractivity contribution in [1.82, 2.24) is 5.01 Å². The van der Waals surface area contributed by atoms with Crippen molar-refractivity contribution in [2.24, 2.45) is 5.10 Å². The standard InChI is InChI=1S/C25H23ClN2O4/c1-29-18-8-4-15(5-9-18)25-28-21(19-13-17(26)7-11-22(19)32-25)14-20(27-28)16-6-10-23(30-2)24(12-16)31-3/h4-13,21,25H,14H2,1-3H3/t21-,25+/m1/s1. The van der Waals surface area contributed by atoms with Gasteiger partial charge in [0.15, 0.2) is 11.5 Å². The van der Waals surface area contributed by atoms with E-state index in [9.17, 15) is 0 Å². The van der Waals surface area contributed by atoms with E-state index >= 15 is 0 Å². The van der Waals surface area contributed by atoms with E-state index in [2.05, 4.69) is 0 Å². The van der Waals surface area contributed by atoms with Crippen LogP contribution in [0.25, 0.3) is 0 Å². The molecule has 0 spiro atoms. The molecule has 164 valence electrons. The lowest BCUT2D eigenvalue weighted by molar-refractivity contribution is -0.0190. The van der Waals surface area contributed by atoms with Gasteiger partial charge in [0.05, 0.1) is 33.1 Å². The molecule has 0 N–H and O–H groups in total. The molecule has 0 aliphatic carbocycles. The number of methoxy groups -OCH3 is 3. The lowest BCUT2D eigenvalue weighted by atomic mass is 9.95. The Morgan fingerprint density at radius 3 is 2.41 bits per heavy atom. The van der Waals surface area contributed by atoms with Crippen LogP contribution in [0.15, 0.2) is 65.8 Å². The third kappa shape index (κ3) is 3.50. The highest BCUT2D eigenvalue weighted by Crippen LogP contribution is 2.48. The number of hydrogen-bond acceptors (Lipinski definition) is 6. The number of halogens is 1. The van der Waals surface area contributed by atoms with Gasteiger partial charge in [-0.1, -0.05) is 11.6 Å². The van der Waals surface area contributed by atoms with Gasteiger partial charge in [0.25, 0.3) is 0 Å². The highest BCUT2D eigenvalue weighted by atomic mass is 35.5. The SMILES string of the molecule is COc1ccc([C@@H]2Oc3ccc(Cl)cc3[C@H]3CC(c4ccc(OC)c(OC)c4)=NN32)cc1. The molecule has 0 saturated carbocycles. The zero-order valence-corrected chi connectivity index (χ0v) is 18.8. The summed E-state index contributed by atoms with van der Waals surface area (Å²) in [6.45, 7) is 0. The maximum Gasteiger partial charge on any atom is 0.213 e. The highest BCUT2D eigenvalue weighted by molar-refractivity contribution is 6.30. The fraction of sp³-hybridized carbons (Fsp3) is 0.240. The number of nitrogens with zero attached hydrogens (tertiary/aromatic N) is 2. The van der Waals surface area contributed by atoms with Gasteiger partial charge < -0.3 is 18.9 Å². The molecule has 0 saturated heterocycles. The quantitative estimate of drug-likeness (QED) is 0.505. The summed E-state index contributed by atoms with van der Waals surface area (Å²) in [6, 6.07) is 19.5. The van der Waals surface area contributed by atoms with Crippen LogP contribution >= 0.6 is 11.6 Å². The monoisotopic (exact) mass is 450 g/mol. The number of ether oxygens (including phenoxy) is 4. The second-order valence-corrected chi connectivity index (χ2v) is 8.08. The number of fused-ring (bicyclic) bond motifs is 3. The molecule has 0 radical (unpaired) electrons. The molecule has 2 aliphatic heterocycles. The van der Waals surface area contributed by atoms with E-state index in [4.69, 9.17) is 35.6 Å². The van der Waals surface area contributed by atoms with E-state index in [-0.39, 0.29) is 12.3 Å². The summed E-state index contributed by atoms with van der Waals surface area (Å²) in [6.07, 6.45) is 0.357. The van der Waals surface area contributed by atoms with Crippen molar-refractivity contribution in [3.63, 3.8) is 0 Å². The highest BCUT2D eigenvalue weighted by Gasteiger charge is 2.41. The second-order valence-electron chi connectivity index (χ2n) is 7.64. The van der Waals surface area contributed by atoms with Crippen molar-refractivity contribution in [1.29, 1.82) is 0 Å². The Labute approximate surface area is 191 Å². The summed E-state index contributed by atoms with van der Waals surface area (Å²) in [5.41, 5.74) is 3.95. The maximum absolute atomic E-state index is 6.40. The van der Waals surface area contributed by atoms with Gasteiger partial charge in [0, 0.05) is 28.1 Å². The van der Waals surface area contributed by atoms with Gasteiger partial charge >= 0.3 is 0 Å². The first-order valence-corrected chi connectivity index (χ1v) is 10.7. The first-order valence-electron chi connectivity index (χ1n) is 10.3. The molecule has 0 bridgehead atoms. The summed E-state index contributed by atoms with van der Waals surface area (Å²) < 4.78 is 22.6. The Morgan fingerprint density at radius 2 is 1.69 bits per heavy atom. The minimum absolute atomic E-state index is 0.00708. The fourth-order valence-electron chi connectivity index (χ4n) is 4.24. The van der Waals surface area contributed by atoms with Crippen LogP contribution in [0, 0.1) is 0 Å². The van der Waals surface area contributed by atoms with Crippen LogP contribution in [0.3, 0.4) is 0 Å². The molecular weight excluding hydrogens is 428 g/mol. The van der Waals surface area contributed by atoms with Crippen LogP contribution in [-0.2, 0) is 0 Å². The first-order chi connectivity index (χ1) is 15.6. The van der Waals surface area contributed by atoms with E-state index in [1.807, 2.05) is 65.7 Å². The van der Waals surface area contributed by atoms with Crippen molar-refractivity contribution >= 4 is 17.3 Å². The average Bonchev–Trinajstić information content (AvgIpc) is 3.29. The summed E-state index contributed by atoms with van der Waals surface area (Å²) in [4.78, 5) is 0. The summed E-state index contributed by atoms with van der Waals surface area (Å²) in [7, 11) is 4.91. The Kier molecular flexibility index (Phi) is 5.31. The van der Waals surface area contributed by atoms with Gasteiger partial charge in [-0.15, -0.1) is 0 Å². The number of hydrogen-bond donors (Lipinski definition) is 0. The lowest BCUT2D eigenvalue weighted by Gasteiger charge is -2.38. The molecule has 2 heterocycles. The topological polar surface area (TPSA) is 52.5 Å². The summed E-state index contributed by atoms with van der Waals surface area (Å²) in [5.74, 6) is 2.97. The molecule has 0 fully saturated rings. The molecule has 6 nitrogen and oxygen atoms in total. The lowest BCUT2D eigenvalue weighted by Crippen LogP contribution is -2.33. The molecule has 2 atom stereocenters. The van der Waals surface area contributed by atoms with Gasteiger partial charge in [0.1, 0.15) is 11.5 Å². The molecule has 32 heavy (non-hydrogen) atoms. The van der Waals surface area contributed by atoms with Gasteiger partial charge in [-0.05, 0) is 60.7 Å². The number of benzene rings is 3. The van der Waals surface area contributed by atoms with E-state index in [0.717, 1.165) is 40.3 Å². The zero-order chi connectivity index (χ0) is 22.2. The Bertz CT molecular complexity index is 1180. The van der Waals surface area contributed by atoms with Crippen molar-refractivity contribution in [2.45, 2.75) is 18.7 Å². The molecule has 0 amide bonds. The number of hydrazone groups is 1. The predicted octanol–water partition coefficient (Wildman–Crippen LogP) is 5.61. The van der Waals surface area contributed by atoms with Gasteiger partial charge in [-0.3, -0.25) is 0 Å². The van der Waals surface area contributed by atoms with Gasteiger partial charge in [0.2, 0.25) is 6.23 Å². The van der Waals surface area contributed by atoms with Crippen LogP contribution in [0.2, 0.25) is 5.02 Å². The van der Waals surface area contributed by atoms with E-state index in [1.54, 1.807) is 21.3 Å². The van der Waals surface area contributed by atoms with Crippen molar-refractivity contribution in [3.8, 4) is 23.0 Å². The number of rotatable bonds is 5. The molecule has 0 unspecified atom stereocenters. The molecule has 3 aromatic rings. The summed E-state index contributed by atoms with van der Waals surface area (Å²) >= 11 is 6.32. The van der Waals surface area contributed by atoms with Crippen LogP contribution in [0.4, 0.5) is 0 Å². The Balaban J connectivity index is 1.57. The van der Waals surface area contributed by atoms with Crippen LogP contribution in [-0.4, -0.2) is 32.0 Å². The van der Waals surface area contributed by atoms with E-state index < -0.39 is 0 Å². The minimum atomic E-state index is -0.364. The molecule has 0 aromatic heterocycles. The molecular formula is C25H23ClN2O4. The third-order valence-electron chi connectivity index (χ3n) is 5.87. The molecule has 2 aliphatic rings. The first kappa shape index (κ1) is 20.5. The van der Waals surface area contributed by atoms with Crippen molar-refractivity contribution < 1.29 is 18.9 Å². The van der Waals surface area contributed by atoms with Crippen LogP contribution in [0.5, 0.6) is 23.0 Å². The van der Waals surface area contributed by atoms with Crippen molar-refractivity contribution in [2.75, 3.05) is 21.3 Å². The van der Waals surface area contributed by atoms with Crippen molar-refractivity contribution in [3.05, 3.63) is 82.4 Å². The van der Waals surface area contributed by atoms with Gasteiger partial charge in [-0.25, -0.2) is 5.01 Å². The Morgan fingerprint density at radius 1 is 0.906 bits per heavy atom. The normalized spacial score (nSPS) is 18.9. The zero-order valence-electron chi connectivity index (χ0n) is 18.0. The largest absolute Gasteiger partial charge is 0.497 e. The van der Waals surface area contributed by atoms with Gasteiger partial charge in [-0.2, -0.15) is 5.10 Å². The smallest absolute Gasteiger partial charge is 0.213 e. The van der Waals surface area contributed by atoms with E-state index in [0.29, 0.717) is 16.5 Å². The minimum Gasteiger partial charge on any atom is -0.497 e.